The molecule has 0 fully saturated rings. The SMILES string of the molecule is Cc1ccc2cccc(C(N)=O)c2n1. The topological polar surface area (TPSA) is 56.0 Å². The molecule has 14 heavy (non-hydrogen) atoms. The van der Waals surface area contributed by atoms with Crippen LogP contribution in [0.1, 0.15) is 16.1 Å². The van der Waals surface area contributed by atoms with Crippen molar-refractivity contribution in [3.8, 4) is 0 Å². The Morgan fingerprint density at radius 3 is 2.79 bits per heavy atom. The molecule has 0 saturated heterocycles. The number of benzene rings is 1. The van der Waals surface area contributed by atoms with Gasteiger partial charge < -0.3 is 5.73 Å². The maximum Gasteiger partial charge on any atom is 0.250 e. The molecule has 0 bridgehead atoms. The molecule has 0 atom stereocenters. The number of amides is 1. The number of carbonyl (C=O) groups excluding carboxylic acids is 1. The van der Waals surface area contributed by atoms with Crippen molar-refractivity contribution in [2.45, 2.75) is 6.92 Å². The van der Waals surface area contributed by atoms with E-state index in [9.17, 15) is 4.79 Å². The Balaban J connectivity index is 2.84. The van der Waals surface area contributed by atoms with E-state index >= 15 is 0 Å². The molecule has 0 aliphatic rings. The lowest BCUT2D eigenvalue weighted by atomic mass is 10.1. The summed E-state index contributed by atoms with van der Waals surface area (Å²) in [6, 6.07) is 9.25. The molecule has 0 spiro atoms. The van der Waals surface area contributed by atoms with Crippen molar-refractivity contribution >= 4 is 16.8 Å². The van der Waals surface area contributed by atoms with Gasteiger partial charge in [-0.05, 0) is 19.1 Å². The van der Waals surface area contributed by atoms with Crippen LogP contribution in [0.5, 0.6) is 0 Å². The van der Waals surface area contributed by atoms with Crippen molar-refractivity contribution in [3.05, 3.63) is 41.6 Å². The summed E-state index contributed by atoms with van der Waals surface area (Å²) in [5.41, 5.74) is 7.29. The van der Waals surface area contributed by atoms with E-state index in [1.165, 1.54) is 0 Å². The highest BCUT2D eigenvalue weighted by atomic mass is 16.1. The Kier molecular flexibility index (Phi) is 1.93. The molecule has 2 aromatic rings. The fraction of sp³-hybridized carbons (Fsp3) is 0.0909. The van der Waals surface area contributed by atoms with Gasteiger partial charge in [-0.1, -0.05) is 18.2 Å². The third kappa shape index (κ3) is 1.33. The standard InChI is InChI=1S/C11H10N2O/c1-7-5-6-8-3-2-4-9(11(12)14)10(8)13-7/h2-6H,1H3,(H2,12,14). The van der Waals surface area contributed by atoms with E-state index in [0.717, 1.165) is 11.1 Å². The molecule has 70 valence electrons. The number of primary amides is 1. The van der Waals surface area contributed by atoms with Gasteiger partial charge in [0.05, 0.1) is 11.1 Å². The molecule has 2 rings (SSSR count). The van der Waals surface area contributed by atoms with Gasteiger partial charge >= 0.3 is 0 Å². The second kappa shape index (κ2) is 3.10. The first-order valence-electron chi connectivity index (χ1n) is 4.34. The molecule has 3 nitrogen and oxygen atoms in total. The Morgan fingerprint density at radius 2 is 2.07 bits per heavy atom. The third-order valence-electron chi connectivity index (χ3n) is 2.12. The molecular weight excluding hydrogens is 176 g/mol. The van der Waals surface area contributed by atoms with Gasteiger partial charge in [0, 0.05) is 11.1 Å². The zero-order chi connectivity index (χ0) is 10.1. The van der Waals surface area contributed by atoms with E-state index in [0.29, 0.717) is 11.1 Å². The van der Waals surface area contributed by atoms with Crippen LogP contribution in [0, 0.1) is 6.92 Å². The first-order valence-corrected chi connectivity index (χ1v) is 4.34. The van der Waals surface area contributed by atoms with Gasteiger partial charge in [-0.25, -0.2) is 0 Å². The second-order valence-electron chi connectivity index (χ2n) is 3.19. The molecule has 2 N–H and O–H groups in total. The van der Waals surface area contributed by atoms with Gasteiger partial charge in [0.15, 0.2) is 0 Å². The van der Waals surface area contributed by atoms with Crippen molar-refractivity contribution in [3.63, 3.8) is 0 Å². The average Bonchev–Trinajstić information content (AvgIpc) is 2.16. The van der Waals surface area contributed by atoms with Crippen molar-refractivity contribution < 1.29 is 4.79 Å². The summed E-state index contributed by atoms with van der Waals surface area (Å²) >= 11 is 0. The molecule has 1 aromatic carbocycles. The fourth-order valence-electron chi connectivity index (χ4n) is 1.44. The smallest absolute Gasteiger partial charge is 0.250 e. The van der Waals surface area contributed by atoms with Crippen LogP contribution >= 0.6 is 0 Å². The fourth-order valence-corrected chi connectivity index (χ4v) is 1.44. The number of fused-ring (bicyclic) bond motifs is 1. The van der Waals surface area contributed by atoms with Crippen LogP contribution in [-0.2, 0) is 0 Å². The largest absolute Gasteiger partial charge is 0.366 e. The van der Waals surface area contributed by atoms with Crippen LogP contribution in [0.25, 0.3) is 10.9 Å². The number of para-hydroxylation sites is 1. The van der Waals surface area contributed by atoms with Gasteiger partial charge in [0.2, 0.25) is 0 Å². The Bertz CT molecular complexity index is 506. The normalized spacial score (nSPS) is 10.4. The zero-order valence-electron chi connectivity index (χ0n) is 7.82. The minimum Gasteiger partial charge on any atom is -0.366 e. The van der Waals surface area contributed by atoms with E-state index in [-0.39, 0.29) is 0 Å². The van der Waals surface area contributed by atoms with Crippen molar-refractivity contribution in [2.24, 2.45) is 5.73 Å². The van der Waals surface area contributed by atoms with Crippen LogP contribution in [0.4, 0.5) is 0 Å². The first kappa shape index (κ1) is 8.69. The average molecular weight is 186 g/mol. The molecule has 0 aliphatic carbocycles. The highest BCUT2D eigenvalue weighted by molar-refractivity contribution is 6.04. The molecule has 3 heteroatoms. The zero-order valence-corrected chi connectivity index (χ0v) is 7.82. The van der Waals surface area contributed by atoms with E-state index in [1.807, 2.05) is 25.1 Å². The summed E-state index contributed by atoms with van der Waals surface area (Å²) in [5.74, 6) is -0.436. The molecule has 0 unspecified atom stereocenters. The summed E-state index contributed by atoms with van der Waals surface area (Å²) in [4.78, 5) is 15.4. The minimum atomic E-state index is -0.436. The van der Waals surface area contributed by atoms with Crippen LogP contribution in [0.15, 0.2) is 30.3 Å². The number of pyridine rings is 1. The molecule has 1 aromatic heterocycles. The van der Waals surface area contributed by atoms with Gasteiger partial charge in [-0.15, -0.1) is 0 Å². The second-order valence-corrected chi connectivity index (χ2v) is 3.19. The number of carbonyl (C=O) groups is 1. The number of hydrogen-bond donors (Lipinski definition) is 1. The third-order valence-corrected chi connectivity index (χ3v) is 2.12. The number of hydrogen-bond acceptors (Lipinski definition) is 2. The molecule has 0 radical (unpaired) electrons. The Morgan fingerprint density at radius 1 is 1.29 bits per heavy atom. The highest BCUT2D eigenvalue weighted by Gasteiger charge is 2.06. The lowest BCUT2D eigenvalue weighted by Crippen LogP contribution is -2.11. The van der Waals surface area contributed by atoms with Crippen LogP contribution in [0.2, 0.25) is 0 Å². The molecule has 0 aliphatic heterocycles. The van der Waals surface area contributed by atoms with Gasteiger partial charge in [0.1, 0.15) is 0 Å². The van der Waals surface area contributed by atoms with Gasteiger partial charge in [-0.3, -0.25) is 9.78 Å². The lowest BCUT2D eigenvalue weighted by molar-refractivity contribution is 0.100. The van der Waals surface area contributed by atoms with Crippen molar-refractivity contribution in [1.82, 2.24) is 4.98 Å². The molecule has 1 heterocycles. The van der Waals surface area contributed by atoms with E-state index in [1.54, 1.807) is 12.1 Å². The Labute approximate surface area is 81.6 Å². The van der Waals surface area contributed by atoms with E-state index in [4.69, 9.17) is 5.73 Å². The maximum atomic E-state index is 11.1. The van der Waals surface area contributed by atoms with E-state index in [2.05, 4.69) is 4.98 Å². The highest BCUT2D eigenvalue weighted by Crippen LogP contribution is 2.16. The van der Waals surface area contributed by atoms with Gasteiger partial charge in [0.25, 0.3) is 5.91 Å². The maximum absolute atomic E-state index is 11.1. The van der Waals surface area contributed by atoms with Crippen LogP contribution in [-0.4, -0.2) is 10.9 Å². The van der Waals surface area contributed by atoms with E-state index < -0.39 is 5.91 Å². The van der Waals surface area contributed by atoms with Crippen LogP contribution in [0.3, 0.4) is 0 Å². The summed E-state index contributed by atoms with van der Waals surface area (Å²) in [6.45, 7) is 1.89. The number of nitrogens with two attached hydrogens (primary N) is 1. The number of nitrogens with zero attached hydrogens (tertiary/aromatic N) is 1. The minimum absolute atomic E-state index is 0.436. The lowest BCUT2D eigenvalue weighted by Gasteiger charge is -2.02. The number of aryl methyl sites for hydroxylation is 1. The van der Waals surface area contributed by atoms with Crippen molar-refractivity contribution in [1.29, 1.82) is 0 Å². The molecule has 0 saturated carbocycles. The molecular formula is C11H10N2O. The van der Waals surface area contributed by atoms with Crippen LogP contribution < -0.4 is 5.73 Å². The summed E-state index contributed by atoms with van der Waals surface area (Å²) < 4.78 is 0. The predicted molar refractivity (Wildman–Crippen MR) is 55.0 cm³/mol. The van der Waals surface area contributed by atoms with Crippen molar-refractivity contribution in [2.75, 3.05) is 0 Å². The quantitative estimate of drug-likeness (QED) is 0.736. The van der Waals surface area contributed by atoms with Gasteiger partial charge in [-0.2, -0.15) is 0 Å². The monoisotopic (exact) mass is 186 g/mol. The number of rotatable bonds is 1. The molecule has 1 amide bonds. The predicted octanol–water partition coefficient (Wildman–Crippen LogP) is 1.64. The Hall–Kier alpha value is -1.90. The summed E-state index contributed by atoms with van der Waals surface area (Å²) in [7, 11) is 0. The summed E-state index contributed by atoms with van der Waals surface area (Å²) in [6.07, 6.45) is 0. The summed E-state index contributed by atoms with van der Waals surface area (Å²) in [5, 5.41) is 0.937. The number of aromatic nitrogens is 1. The first-order chi connectivity index (χ1) is 6.68.